The predicted octanol–water partition coefficient (Wildman–Crippen LogP) is 3.49. The van der Waals surface area contributed by atoms with Crippen LogP contribution in [-0.2, 0) is 5.75 Å². The summed E-state index contributed by atoms with van der Waals surface area (Å²) in [7, 11) is 0. The maximum atomic E-state index is 12.8. The smallest absolute Gasteiger partial charge is 0.123 e. The molecule has 0 aliphatic rings. The molecule has 0 aliphatic heterocycles. The zero-order chi connectivity index (χ0) is 12.8. The first-order valence-electron chi connectivity index (χ1n) is 5.43. The van der Waals surface area contributed by atoms with Crippen LogP contribution in [0.15, 0.2) is 40.6 Å². The lowest BCUT2D eigenvalue weighted by molar-refractivity contribution is 0.626. The van der Waals surface area contributed by atoms with E-state index in [2.05, 4.69) is 11.8 Å². The van der Waals surface area contributed by atoms with Gasteiger partial charge in [-0.15, -0.1) is 23.1 Å². The van der Waals surface area contributed by atoms with Crippen LogP contribution in [0.2, 0.25) is 0 Å². The molecule has 0 atom stereocenters. The van der Waals surface area contributed by atoms with Crippen LogP contribution in [-0.4, -0.2) is 6.54 Å². The van der Waals surface area contributed by atoms with Crippen molar-refractivity contribution in [1.82, 2.24) is 0 Å². The van der Waals surface area contributed by atoms with Gasteiger partial charge in [-0.3, -0.25) is 0 Å². The van der Waals surface area contributed by atoms with E-state index in [0.717, 1.165) is 16.2 Å². The Morgan fingerprint density at radius 1 is 1.22 bits per heavy atom. The second kappa shape index (κ2) is 6.60. The van der Waals surface area contributed by atoms with Gasteiger partial charge < -0.3 is 5.73 Å². The second-order valence-electron chi connectivity index (χ2n) is 3.51. The van der Waals surface area contributed by atoms with E-state index in [-0.39, 0.29) is 5.82 Å². The quantitative estimate of drug-likeness (QED) is 0.686. The zero-order valence-corrected chi connectivity index (χ0v) is 11.3. The van der Waals surface area contributed by atoms with E-state index in [1.807, 2.05) is 11.4 Å². The Hall–Kier alpha value is -1.28. The SMILES string of the molecule is NCC#Cc1ccsc1CSc1ccc(F)cc1. The molecule has 0 aliphatic carbocycles. The normalized spacial score (nSPS) is 9.89. The third-order valence-electron chi connectivity index (χ3n) is 2.25. The van der Waals surface area contributed by atoms with E-state index in [4.69, 9.17) is 5.73 Å². The highest BCUT2D eigenvalue weighted by Gasteiger charge is 2.03. The molecule has 0 radical (unpaired) electrons. The van der Waals surface area contributed by atoms with Gasteiger partial charge in [0.05, 0.1) is 6.54 Å². The predicted molar refractivity (Wildman–Crippen MR) is 76.2 cm³/mol. The first kappa shape index (κ1) is 13.2. The highest BCUT2D eigenvalue weighted by molar-refractivity contribution is 7.98. The Morgan fingerprint density at radius 3 is 2.72 bits per heavy atom. The van der Waals surface area contributed by atoms with E-state index in [1.54, 1.807) is 35.2 Å². The van der Waals surface area contributed by atoms with Crippen LogP contribution >= 0.6 is 23.1 Å². The molecule has 0 amide bonds. The van der Waals surface area contributed by atoms with Crippen LogP contribution in [0.3, 0.4) is 0 Å². The molecule has 1 aromatic heterocycles. The summed E-state index contributed by atoms with van der Waals surface area (Å²) in [5.74, 6) is 6.56. The summed E-state index contributed by atoms with van der Waals surface area (Å²) in [5.41, 5.74) is 6.41. The van der Waals surface area contributed by atoms with Gasteiger partial charge in [-0.2, -0.15) is 0 Å². The van der Waals surface area contributed by atoms with Gasteiger partial charge in [0.1, 0.15) is 5.82 Å². The van der Waals surface area contributed by atoms with Crippen molar-refractivity contribution in [3.8, 4) is 11.8 Å². The van der Waals surface area contributed by atoms with Crippen molar-refractivity contribution in [2.45, 2.75) is 10.6 Å². The lowest BCUT2D eigenvalue weighted by atomic mass is 10.3. The number of hydrogen-bond acceptors (Lipinski definition) is 3. The minimum Gasteiger partial charge on any atom is -0.320 e. The molecule has 18 heavy (non-hydrogen) atoms. The fourth-order valence-corrected chi connectivity index (χ4v) is 3.23. The fraction of sp³-hybridized carbons (Fsp3) is 0.143. The molecule has 0 bridgehead atoms. The average Bonchev–Trinajstić information content (AvgIpc) is 2.83. The third kappa shape index (κ3) is 3.61. The Bertz CT molecular complexity index is 563. The van der Waals surface area contributed by atoms with Gasteiger partial charge in [-0.1, -0.05) is 11.8 Å². The molecule has 1 aromatic carbocycles. The highest BCUT2D eigenvalue weighted by atomic mass is 32.2. The van der Waals surface area contributed by atoms with Crippen molar-refractivity contribution in [3.63, 3.8) is 0 Å². The Kier molecular flexibility index (Phi) is 4.82. The van der Waals surface area contributed by atoms with Crippen LogP contribution in [0.1, 0.15) is 10.4 Å². The van der Waals surface area contributed by atoms with Crippen molar-refractivity contribution in [2.75, 3.05) is 6.54 Å². The van der Waals surface area contributed by atoms with Gasteiger partial charge in [0.15, 0.2) is 0 Å². The van der Waals surface area contributed by atoms with Crippen molar-refractivity contribution < 1.29 is 4.39 Å². The van der Waals surface area contributed by atoms with Crippen molar-refractivity contribution >= 4 is 23.1 Å². The lowest BCUT2D eigenvalue weighted by Crippen LogP contribution is -1.93. The second-order valence-corrected chi connectivity index (χ2v) is 5.56. The van der Waals surface area contributed by atoms with Crippen LogP contribution in [0.4, 0.5) is 4.39 Å². The number of halogens is 1. The van der Waals surface area contributed by atoms with Crippen molar-refractivity contribution in [1.29, 1.82) is 0 Å². The van der Waals surface area contributed by atoms with Crippen molar-refractivity contribution in [3.05, 3.63) is 52.0 Å². The van der Waals surface area contributed by atoms with Gasteiger partial charge >= 0.3 is 0 Å². The molecule has 0 spiro atoms. The summed E-state index contributed by atoms with van der Waals surface area (Å²) >= 11 is 3.36. The average molecular weight is 277 g/mol. The number of thiophene rings is 1. The first-order chi connectivity index (χ1) is 8.79. The maximum Gasteiger partial charge on any atom is 0.123 e. The molecule has 0 saturated carbocycles. The molecule has 2 aromatic rings. The van der Waals surface area contributed by atoms with Crippen LogP contribution in [0, 0.1) is 17.7 Å². The molecular formula is C14H12FNS2. The van der Waals surface area contributed by atoms with E-state index < -0.39 is 0 Å². The Labute approximate surface area is 114 Å². The molecule has 0 unspecified atom stereocenters. The Balaban J connectivity index is 2.02. The summed E-state index contributed by atoms with van der Waals surface area (Å²) in [4.78, 5) is 2.29. The van der Waals surface area contributed by atoms with Crippen molar-refractivity contribution in [2.24, 2.45) is 5.73 Å². The number of nitrogens with two attached hydrogens (primary N) is 1. The monoisotopic (exact) mass is 277 g/mol. The topological polar surface area (TPSA) is 26.0 Å². The molecule has 2 rings (SSSR count). The minimum atomic E-state index is -0.204. The first-order valence-corrected chi connectivity index (χ1v) is 7.30. The minimum absolute atomic E-state index is 0.204. The third-order valence-corrected chi connectivity index (χ3v) is 4.40. The highest BCUT2D eigenvalue weighted by Crippen LogP contribution is 2.27. The van der Waals surface area contributed by atoms with Crippen LogP contribution in [0.25, 0.3) is 0 Å². The summed E-state index contributed by atoms with van der Waals surface area (Å²) < 4.78 is 12.8. The summed E-state index contributed by atoms with van der Waals surface area (Å²) in [6, 6.07) is 8.54. The van der Waals surface area contributed by atoms with Crippen LogP contribution < -0.4 is 5.73 Å². The molecule has 0 fully saturated rings. The molecule has 1 nitrogen and oxygen atoms in total. The van der Waals surface area contributed by atoms with E-state index in [1.165, 1.54) is 17.0 Å². The summed E-state index contributed by atoms with van der Waals surface area (Å²) in [6.45, 7) is 0.375. The molecular weight excluding hydrogens is 265 g/mol. The maximum absolute atomic E-state index is 12.8. The van der Waals surface area contributed by atoms with Gasteiger partial charge in [-0.25, -0.2) is 4.39 Å². The van der Waals surface area contributed by atoms with E-state index >= 15 is 0 Å². The number of thioether (sulfide) groups is 1. The largest absolute Gasteiger partial charge is 0.320 e. The van der Waals surface area contributed by atoms with E-state index in [0.29, 0.717) is 6.54 Å². The molecule has 0 saturated heterocycles. The Morgan fingerprint density at radius 2 is 2.00 bits per heavy atom. The van der Waals surface area contributed by atoms with Gasteiger partial charge in [0.2, 0.25) is 0 Å². The zero-order valence-electron chi connectivity index (χ0n) is 9.65. The standard InChI is InChI=1S/C14H12FNS2/c15-12-3-5-13(6-4-12)18-10-14-11(2-1-8-16)7-9-17-14/h3-7,9H,8,10,16H2. The number of hydrogen-bond donors (Lipinski definition) is 1. The summed E-state index contributed by atoms with van der Waals surface area (Å²) in [5, 5.41) is 2.03. The van der Waals surface area contributed by atoms with E-state index in [9.17, 15) is 4.39 Å². The van der Waals surface area contributed by atoms with Gasteiger partial charge in [-0.05, 0) is 35.7 Å². The lowest BCUT2D eigenvalue weighted by Gasteiger charge is -2.00. The number of benzene rings is 1. The summed E-state index contributed by atoms with van der Waals surface area (Å²) in [6.07, 6.45) is 0. The van der Waals surface area contributed by atoms with Gasteiger partial charge in [0, 0.05) is 21.1 Å². The van der Waals surface area contributed by atoms with Gasteiger partial charge in [0.25, 0.3) is 0 Å². The molecule has 92 valence electrons. The molecule has 4 heteroatoms. The molecule has 2 N–H and O–H groups in total. The van der Waals surface area contributed by atoms with Crippen LogP contribution in [0.5, 0.6) is 0 Å². The molecule has 1 heterocycles. The fourth-order valence-electron chi connectivity index (χ4n) is 1.39. The number of rotatable bonds is 3.